The van der Waals surface area contributed by atoms with Crippen molar-refractivity contribution in [2.45, 2.75) is 6.92 Å². The molecule has 5 nitrogen and oxygen atoms in total. The summed E-state index contributed by atoms with van der Waals surface area (Å²) < 4.78 is 0. The fraction of sp³-hybridized carbons (Fsp3) is 0.0500. The lowest BCUT2D eigenvalue weighted by atomic mass is 10.2. The van der Waals surface area contributed by atoms with Gasteiger partial charge in [-0.3, -0.25) is 4.98 Å². The molecule has 4 aromatic rings. The van der Waals surface area contributed by atoms with Gasteiger partial charge in [0.2, 0.25) is 0 Å². The maximum atomic E-state index is 5.93. The topological polar surface area (TPSA) is 62.7 Å². The first-order chi connectivity index (χ1) is 12.7. The molecule has 0 spiro atoms. The number of rotatable bonds is 4. The van der Waals surface area contributed by atoms with Crippen LogP contribution in [0.3, 0.4) is 0 Å². The van der Waals surface area contributed by atoms with Gasteiger partial charge in [-0.15, -0.1) is 0 Å². The number of pyridine rings is 1. The molecule has 2 aromatic carbocycles. The third kappa shape index (κ3) is 3.58. The van der Waals surface area contributed by atoms with Crippen LogP contribution in [0, 0.1) is 6.92 Å². The summed E-state index contributed by atoms with van der Waals surface area (Å²) in [5, 5.41) is 8.38. The van der Waals surface area contributed by atoms with Gasteiger partial charge in [0.05, 0.1) is 11.2 Å². The first-order valence-electron chi connectivity index (χ1n) is 8.16. The molecule has 2 heterocycles. The Morgan fingerprint density at radius 3 is 2.38 bits per heavy atom. The molecular weight excluding hydrogens is 346 g/mol. The quantitative estimate of drug-likeness (QED) is 0.504. The summed E-state index contributed by atoms with van der Waals surface area (Å²) >= 11 is 5.93. The summed E-state index contributed by atoms with van der Waals surface area (Å²) in [7, 11) is 0. The first-order valence-corrected chi connectivity index (χ1v) is 8.54. The number of hydrogen-bond acceptors (Lipinski definition) is 5. The van der Waals surface area contributed by atoms with Crippen molar-refractivity contribution in [1.29, 1.82) is 0 Å². The highest BCUT2D eigenvalue weighted by molar-refractivity contribution is 6.30. The second-order valence-electron chi connectivity index (χ2n) is 5.82. The number of nitrogens with zero attached hydrogens (tertiary/aromatic N) is 3. The van der Waals surface area contributed by atoms with Crippen molar-refractivity contribution in [3.63, 3.8) is 0 Å². The molecule has 128 valence electrons. The summed E-state index contributed by atoms with van der Waals surface area (Å²) in [5.74, 6) is 2.07. The van der Waals surface area contributed by atoms with Crippen molar-refractivity contribution in [3.8, 4) is 0 Å². The van der Waals surface area contributed by atoms with Crippen LogP contribution < -0.4 is 10.6 Å². The van der Waals surface area contributed by atoms with E-state index in [-0.39, 0.29) is 0 Å². The normalized spacial score (nSPS) is 10.7. The second kappa shape index (κ2) is 6.98. The Bertz CT molecular complexity index is 1060. The van der Waals surface area contributed by atoms with Crippen molar-refractivity contribution in [2.75, 3.05) is 10.6 Å². The van der Waals surface area contributed by atoms with Gasteiger partial charge in [-0.1, -0.05) is 29.8 Å². The lowest BCUT2D eigenvalue weighted by Crippen LogP contribution is -2.02. The van der Waals surface area contributed by atoms with Crippen LogP contribution in [-0.4, -0.2) is 15.0 Å². The van der Waals surface area contributed by atoms with Crippen LogP contribution in [-0.2, 0) is 0 Å². The van der Waals surface area contributed by atoms with Crippen LogP contribution in [0.2, 0.25) is 5.02 Å². The summed E-state index contributed by atoms with van der Waals surface area (Å²) in [6, 6.07) is 19.3. The van der Waals surface area contributed by atoms with Crippen LogP contribution in [0.15, 0.2) is 66.9 Å². The van der Waals surface area contributed by atoms with E-state index in [1.807, 2.05) is 67.6 Å². The Kier molecular flexibility index (Phi) is 4.37. The predicted octanol–water partition coefficient (Wildman–Crippen LogP) is 5.47. The molecule has 0 amide bonds. The third-order valence-corrected chi connectivity index (χ3v) is 4.10. The first kappa shape index (κ1) is 16.3. The van der Waals surface area contributed by atoms with E-state index < -0.39 is 0 Å². The van der Waals surface area contributed by atoms with Gasteiger partial charge < -0.3 is 10.6 Å². The lowest BCUT2D eigenvalue weighted by Gasteiger charge is -2.11. The van der Waals surface area contributed by atoms with Crippen LogP contribution >= 0.6 is 11.6 Å². The summed E-state index contributed by atoms with van der Waals surface area (Å²) in [6.45, 7) is 1.86. The predicted molar refractivity (Wildman–Crippen MR) is 107 cm³/mol. The fourth-order valence-corrected chi connectivity index (χ4v) is 2.85. The minimum absolute atomic E-state index is 0.666. The Hall–Kier alpha value is -3.18. The molecule has 2 N–H and O–H groups in total. The van der Waals surface area contributed by atoms with Crippen molar-refractivity contribution < 1.29 is 0 Å². The Labute approximate surface area is 156 Å². The fourth-order valence-electron chi connectivity index (χ4n) is 2.72. The van der Waals surface area contributed by atoms with Crippen molar-refractivity contribution in [3.05, 3.63) is 77.7 Å². The summed E-state index contributed by atoms with van der Waals surface area (Å²) in [4.78, 5) is 13.4. The van der Waals surface area contributed by atoms with Gasteiger partial charge >= 0.3 is 0 Å². The maximum Gasteiger partial charge on any atom is 0.136 e. The van der Waals surface area contributed by atoms with Crippen molar-refractivity contribution in [2.24, 2.45) is 0 Å². The van der Waals surface area contributed by atoms with Gasteiger partial charge in [-0.05, 0) is 43.3 Å². The Morgan fingerprint density at radius 1 is 0.846 bits per heavy atom. The van der Waals surface area contributed by atoms with Gasteiger partial charge in [-0.25, -0.2) is 9.97 Å². The highest BCUT2D eigenvalue weighted by Gasteiger charge is 2.06. The molecule has 0 unspecified atom stereocenters. The van der Waals surface area contributed by atoms with E-state index in [4.69, 9.17) is 11.6 Å². The zero-order valence-electron chi connectivity index (χ0n) is 14.1. The lowest BCUT2D eigenvalue weighted by molar-refractivity contribution is 1.06. The maximum absolute atomic E-state index is 5.93. The SMILES string of the molecule is Cc1nc(Nc2ccc(Cl)cc2)cc(Nc2cccc3cccnc23)n1. The molecule has 0 aliphatic carbocycles. The average Bonchev–Trinajstić information content (AvgIpc) is 2.64. The third-order valence-electron chi connectivity index (χ3n) is 3.85. The van der Waals surface area contributed by atoms with E-state index in [9.17, 15) is 0 Å². The van der Waals surface area contributed by atoms with E-state index in [0.717, 1.165) is 22.3 Å². The molecule has 6 heteroatoms. The molecule has 0 bridgehead atoms. The monoisotopic (exact) mass is 361 g/mol. The number of para-hydroxylation sites is 1. The van der Waals surface area contributed by atoms with Gasteiger partial charge in [-0.2, -0.15) is 0 Å². The molecule has 0 fully saturated rings. The van der Waals surface area contributed by atoms with Gasteiger partial charge in [0.25, 0.3) is 0 Å². The van der Waals surface area contributed by atoms with Crippen molar-refractivity contribution >= 4 is 45.5 Å². The molecule has 0 aliphatic rings. The number of anilines is 4. The molecule has 4 rings (SSSR count). The molecular formula is C20H16ClN5. The smallest absolute Gasteiger partial charge is 0.136 e. The van der Waals surface area contributed by atoms with E-state index in [1.165, 1.54) is 0 Å². The minimum Gasteiger partial charge on any atom is -0.340 e. The van der Waals surface area contributed by atoms with E-state index in [2.05, 4.69) is 25.6 Å². The molecule has 0 saturated carbocycles. The molecule has 26 heavy (non-hydrogen) atoms. The molecule has 2 aromatic heterocycles. The van der Waals surface area contributed by atoms with Crippen LogP contribution in [0.25, 0.3) is 10.9 Å². The largest absolute Gasteiger partial charge is 0.340 e. The highest BCUT2D eigenvalue weighted by Crippen LogP contribution is 2.25. The number of hydrogen-bond donors (Lipinski definition) is 2. The average molecular weight is 362 g/mol. The van der Waals surface area contributed by atoms with Gasteiger partial charge in [0.1, 0.15) is 17.5 Å². The Balaban J connectivity index is 1.64. The van der Waals surface area contributed by atoms with Gasteiger partial charge in [0, 0.05) is 28.4 Å². The zero-order chi connectivity index (χ0) is 17.9. The number of aromatic nitrogens is 3. The second-order valence-corrected chi connectivity index (χ2v) is 6.26. The van der Waals surface area contributed by atoms with Crippen LogP contribution in [0.1, 0.15) is 5.82 Å². The van der Waals surface area contributed by atoms with Crippen LogP contribution in [0.4, 0.5) is 23.0 Å². The van der Waals surface area contributed by atoms with Gasteiger partial charge in [0.15, 0.2) is 0 Å². The van der Waals surface area contributed by atoms with E-state index in [1.54, 1.807) is 6.20 Å². The number of benzene rings is 2. The number of fused-ring (bicyclic) bond motifs is 1. The van der Waals surface area contributed by atoms with Crippen molar-refractivity contribution in [1.82, 2.24) is 15.0 Å². The molecule has 0 radical (unpaired) electrons. The standard InChI is InChI=1S/C20H16ClN5/c1-13-23-18(25-16-9-7-15(21)8-10-16)12-19(24-13)26-17-6-2-4-14-5-3-11-22-20(14)17/h2-12H,1H3,(H2,23,24,25,26). The summed E-state index contributed by atoms with van der Waals surface area (Å²) in [6.07, 6.45) is 1.78. The van der Waals surface area contributed by atoms with E-state index in [0.29, 0.717) is 22.5 Å². The van der Waals surface area contributed by atoms with E-state index >= 15 is 0 Å². The summed E-state index contributed by atoms with van der Waals surface area (Å²) in [5.41, 5.74) is 2.71. The number of halogens is 1. The molecule has 0 aliphatic heterocycles. The molecule has 0 atom stereocenters. The van der Waals surface area contributed by atoms with Crippen LogP contribution in [0.5, 0.6) is 0 Å². The Morgan fingerprint density at radius 2 is 1.58 bits per heavy atom. The zero-order valence-corrected chi connectivity index (χ0v) is 14.8. The highest BCUT2D eigenvalue weighted by atomic mass is 35.5. The molecule has 0 saturated heterocycles. The number of nitrogens with one attached hydrogen (secondary N) is 2. The number of aryl methyl sites for hydroxylation is 1. The minimum atomic E-state index is 0.666.